The van der Waals surface area contributed by atoms with E-state index in [-0.39, 0.29) is 24.5 Å². The van der Waals surface area contributed by atoms with Crippen LogP contribution in [-0.4, -0.2) is 19.6 Å². The monoisotopic (exact) mass is 460 g/mol. The summed E-state index contributed by atoms with van der Waals surface area (Å²) in [5.41, 5.74) is 2.14. The van der Waals surface area contributed by atoms with E-state index in [1.807, 2.05) is 25.1 Å². The molecule has 0 radical (unpaired) electrons. The van der Waals surface area contributed by atoms with Crippen LogP contribution in [0.4, 0.5) is 4.39 Å². The highest BCUT2D eigenvalue weighted by Gasteiger charge is 2.11. The number of rotatable bonds is 10. The number of amides is 1. The van der Waals surface area contributed by atoms with Crippen molar-refractivity contribution in [1.82, 2.24) is 5.32 Å². The largest absolute Gasteiger partial charge is 0.497 e. The average Bonchev–Trinajstić information content (AvgIpc) is 2.86. The van der Waals surface area contributed by atoms with Crippen molar-refractivity contribution < 1.29 is 23.4 Å². The molecule has 0 fully saturated rings. The average molecular weight is 461 g/mol. The van der Waals surface area contributed by atoms with Gasteiger partial charge in [-0.15, -0.1) is 0 Å². The van der Waals surface area contributed by atoms with Gasteiger partial charge in [0.15, 0.2) is 11.5 Å². The topological polar surface area (TPSA) is 80.6 Å². The molecule has 174 valence electrons. The Morgan fingerprint density at radius 2 is 1.82 bits per heavy atom. The number of nitrogens with zero attached hydrogens (tertiary/aromatic N) is 1. The lowest BCUT2D eigenvalue weighted by Crippen LogP contribution is -2.23. The standard InChI is InChI=1S/C27H25FN2O4/c1-3-33-26-15-20(9-12-25(26)34-18-21-5-4-6-23(28)14-21)13-22(16-29)27(31)30-17-19-7-10-24(32-2)11-8-19/h4-15H,3,17-18H2,1-2H3,(H,30,31)/b22-13-. The minimum atomic E-state index is -0.484. The zero-order valence-electron chi connectivity index (χ0n) is 19.0. The quantitative estimate of drug-likeness (QED) is 0.339. The summed E-state index contributed by atoms with van der Waals surface area (Å²) >= 11 is 0. The molecule has 0 aliphatic heterocycles. The van der Waals surface area contributed by atoms with Gasteiger partial charge in [-0.2, -0.15) is 5.26 Å². The van der Waals surface area contributed by atoms with Crippen LogP contribution < -0.4 is 19.5 Å². The van der Waals surface area contributed by atoms with Crippen LogP contribution in [0.25, 0.3) is 6.08 Å². The summed E-state index contributed by atoms with van der Waals surface area (Å²) in [6.07, 6.45) is 1.49. The molecule has 0 saturated heterocycles. The first kappa shape index (κ1) is 24.3. The molecule has 0 aromatic heterocycles. The summed E-state index contributed by atoms with van der Waals surface area (Å²) in [4.78, 5) is 12.5. The van der Waals surface area contributed by atoms with Crippen LogP contribution in [0.1, 0.15) is 23.6 Å². The molecule has 0 bridgehead atoms. The molecule has 34 heavy (non-hydrogen) atoms. The Labute approximate surface area is 198 Å². The second-order valence-electron chi connectivity index (χ2n) is 7.26. The van der Waals surface area contributed by atoms with Crippen molar-refractivity contribution in [2.24, 2.45) is 0 Å². The van der Waals surface area contributed by atoms with E-state index >= 15 is 0 Å². The molecule has 1 amide bonds. The summed E-state index contributed by atoms with van der Waals surface area (Å²) in [6.45, 7) is 2.69. The zero-order valence-corrected chi connectivity index (χ0v) is 19.0. The Kier molecular flexibility index (Phi) is 8.64. The summed E-state index contributed by atoms with van der Waals surface area (Å²) in [6, 6.07) is 20.5. The van der Waals surface area contributed by atoms with Gasteiger partial charge in [-0.3, -0.25) is 4.79 Å². The molecule has 6 nitrogen and oxygen atoms in total. The maximum absolute atomic E-state index is 13.4. The van der Waals surface area contributed by atoms with Gasteiger partial charge in [-0.1, -0.05) is 30.3 Å². The first-order valence-electron chi connectivity index (χ1n) is 10.7. The lowest BCUT2D eigenvalue weighted by Gasteiger charge is -2.13. The van der Waals surface area contributed by atoms with Gasteiger partial charge in [0.25, 0.3) is 5.91 Å². The fourth-order valence-corrected chi connectivity index (χ4v) is 3.13. The van der Waals surface area contributed by atoms with Crippen molar-refractivity contribution in [3.63, 3.8) is 0 Å². The number of hydrogen-bond acceptors (Lipinski definition) is 5. The van der Waals surface area contributed by atoms with E-state index in [4.69, 9.17) is 14.2 Å². The number of nitriles is 1. The third-order valence-corrected chi connectivity index (χ3v) is 4.84. The zero-order chi connectivity index (χ0) is 24.3. The van der Waals surface area contributed by atoms with Crippen LogP contribution in [-0.2, 0) is 17.9 Å². The third kappa shape index (κ3) is 6.84. The van der Waals surface area contributed by atoms with Crippen molar-refractivity contribution in [1.29, 1.82) is 5.26 Å². The number of carbonyl (C=O) groups is 1. The van der Waals surface area contributed by atoms with E-state index in [0.29, 0.717) is 29.2 Å². The number of methoxy groups -OCH3 is 1. The summed E-state index contributed by atoms with van der Waals surface area (Å²) < 4.78 is 30.0. The molecule has 0 unspecified atom stereocenters. The highest BCUT2D eigenvalue weighted by molar-refractivity contribution is 6.01. The van der Waals surface area contributed by atoms with E-state index in [2.05, 4.69) is 5.32 Å². The minimum Gasteiger partial charge on any atom is -0.497 e. The van der Waals surface area contributed by atoms with Gasteiger partial charge >= 0.3 is 0 Å². The molecular formula is C27H25FN2O4. The van der Waals surface area contributed by atoms with Crippen molar-refractivity contribution in [2.45, 2.75) is 20.1 Å². The van der Waals surface area contributed by atoms with Gasteiger partial charge in [0.2, 0.25) is 0 Å². The Bertz CT molecular complexity index is 1200. The highest BCUT2D eigenvalue weighted by atomic mass is 19.1. The molecule has 1 N–H and O–H groups in total. The van der Waals surface area contributed by atoms with Crippen molar-refractivity contribution >= 4 is 12.0 Å². The molecule has 0 atom stereocenters. The molecular weight excluding hydrogens is 435 g/mol. The van der Waals surface area contributed by atoms with Crippen LogP contribution in [0.2, 0.25) is 0 Å². The van der Waals surface area contributed by atoms with E-state index in [1.165, 1.54) is 18.2 Å². The van der Waals surface area contributed by atoms with Crippen LogP contribution in [0, 0.1) is 17.1 Å². The van der Waals surface area contributed by atoms with Gasteiger partial charge < -0.3 is 19.5 Å². The van der Waals surface area contributed by atoms with Crippen molar-refractivity contribution in [2.75, 3.05) is 13.7 Å². The molecule has 3 aromatic carbocycles. The molecule has 3 rings (SSSR count). The normalized spacial score (nSPS) is 10.8. The molecule has 7 heteroatoms. The molecule has 0 heterocycles. The second kappa shape index (κ2) is 12.1. The van der Waals surface area contributed by atoms with E-state index < -0.39 is 5.91 Å². The molecule has 0 aliphatic carbocycles. The van der Waals surface area contributed by atoms with Crippen molar-refractivity contribution in [3.05, 3.63) is 94.8 Å². The number of halogens is 1. The summed E-state index contributed by atoms with van der Waals surface area (Å²) in [5.74, 6) is 0.846. The van der Waals surface area contributed by atoms with Gasteiger partial charge in [0.05, 0.1) is 13.7 Å². The number of ether oxygens (including phenoxy) is 3. The maximum Gasteiger partial charge on any atom is 0.262 e. The molecule has 0 spiro atoms. The van der Waals surface area contributed by atoms with Gasteiger partial charge in [0.1, 0.15) is 29.8 Å². The Balaban J connectivity index is 1.70. The predicted molar refractivity (Wildman–Crippen MR) is 127 cm³/mol. The Morgan fingerprint density at radius 3 is 2.50 bits per heavy atom. The lowest BCUT2D eigenvalue weighted by molar-refractivity contribution is -0.117. The fourth-order valence-electron chi connectivity index (χ4n) is 3.13. The van der Waals surface area contributed by atoms with E-state index in [1.54, 1.807) is 49.6 Å². The maximum atomic E-state index is 13.4. The smallest absolute Gasteiger partial charge is 0.262 e. The predicted octanol–water partition coefficient (Wildman–Crippen LogP) is 5.04. The van der Waals surface area contributed by atoms with Crippen LogP contribution in [0.15, 0.2) is 72.3 Å². The highest BCUT2D eigenvalue weighted by Crippen LogP contribution is 2.30. The van der Waals surface area contributed by atoms with Gasteiger partial charge in [-0.25, -0.2) is 4.39 Å². The second-order valence-corrected chi connectivity index (χ2v) is 7.26. The third-order valence-electron chi connectivity index (χ3n) is 4.84. The number of benzene rings is 3. The van der Waals surface area contributed by atoms with E-state index in [9.17, 15) is 14.4 Å². The Morgan fingerprint density at radius 1 is 1.03 bits per heavy atom. The molecule has 0 aliphatic rings. The van der Waals surface area contributed by atoms with Crippen LogP contribution >= 0.6 is 0 Å². The lowest BCUT2D eigenvalue weighted by atomic mass is 10.1. The van der Waals surface area contributed by atoms with Gasteiger partial charge in [-0.05, 0) is 66.1 Å². The van der Waals surface area contributed by atoms with Crippen molar-refractivity contribution in [3.8, 4) is 23.3 Å². The summed E-state index contributed by atoms with van der Waals surface area (Å²) in [7, 11) is 1.58. The Hall–Kier alpha value is -4.31. The number of hydrogen-bond donors (Lipinski definition) is 1. The van der Waals surface area contributed by atoms with Gasteiger partial charge in [0, 0.05) is 6.54 Å². The first-order valence-corrected chi connectivity index (χ1v) is 10.7. The summed E-state index contributed by atoms with van der Waals surface area (Å²) in [5, 5.41) is 12.2. The SMILES string of the molecule is CCOc1cc(/C=C(/C#N)C(=O)NCc2ccc(OC)cc2)ccc1OCc1cccc(F)c1. The first-order chi connectivity index (χ1) is 16.5. The van der Waals surface area contributed by atoms with Crippen LogP contribution in [0.3, 0.4) is 0 Å². The fraction of sp³-hybridized carbons (Fsp3) is 0.185. The van der Waals surface area contributed by atoms with Crippen LogP contribution in [0.5, 0.6) is 17.2 Å². The molecule has 3 aromatic rings. The van der Waals surface area contributed by atoms with E-state index in [0.717, 1.165) is 11.3 Å². The minimum absolute atomic E-state index is 0.0376. The molecule has 0 saturated carbocycles. The number of carbonyl (C=O) groups excluding carboxylic acids is 1. The number of nitrogens with one attached hydrogen (secondary N) is 1.